The first-order chi connectivity index (χ1) is 11.2. The highest BCUT2D eigenvalue weighted by atomic mass is 16.5. The first-order valence-corrected chi connectivity index (χ1v) is 7.73. The fraction of sp³-hybridized carbons (Fsp3) is 0.529. The Hall–Kier alpha value is -2.42. The van der Waals surface area contributed by atoms with Crippen molar-refractivity contribution in [3.8, 4) is 23.3 Å². The van der Waals surface area contributed by atoms with E-state index in [2.05, 4.69) is 6.07 Å². The van der Waals surface area contributed by atoms with Crippen LogP contribution >= 0.6 is 0 Å². The van der Waals surface area contributed by atoms with E-state index in [1.807, 2.05) is 0 Å². The molecule has 124 valence electrons. The Morgan fingerprint density at radius 2 is 1.87 bits per heavy atom. The van der Waals surface area contributed by atoms with Crippen molar-refractivity contribution >= 4 is 5.91 Å². The van der Waals surface area contributed by atoms with Crippen molar-refractivity contribution in [2.45, 2.75) is 19.3 Å². The second kappa shape index (κ2) is 8.28. The van der Waals surface area contributed by atoms with Crippen LogP contribution in [0.15, 0.2) is 18.2 Å². The van der Waals surface area contributed by atoms with E-state index in [0.29, 0.717) is 23.7 Å². The number of rotatable bonds is 7. The SMILES string of the molecule is COc1cccc(OC)c1OCCC(C#N)C(=O)N1CCCC1. The number of methoxy groups -OCH3 is 2. The molecule has 6 heteroatoms. The highest BCUT2D eigenvalue weighted by molar-refractivity contribution is 5.81. The Labute approximate surface area is 136 Å². The van der Waals surface area contributed by atoms with Crippen LogP contribution in [0.1, 0.15) is 19.3 Å². The van der Waals surface area contributed by atoms with Crippen LogP contribution in [0.2, 0.25) is 0 Å². The first kappa shape index (κ1) is 16.9. The topological polar surface area (TPSA) is 71.8 Å². The van der Waals surface area contributed by atoms with Gasteiger partial charge in [-0.05, 0) is 25.0 Å². The molecule has 1 heterocycles. The summed E-state index contributed by atoms with van der Waals surface area (Å²) < 4.78 is 16.2. The van der Waals surface area contributed by atoms with Crippen molar-refractivity contribution in [1.82, 2.24) is 4.90 Å². The van der Waals surface area contributed by atoms with Crippen LogP contribution in [0.25, 0.3) is 0 Å². The third-order valence-corrected chi connectivity index (χ3v) is 3.91. The van der Waals surface area contributed by atoms with Crippen LogP contribution < -0.4 is 14.2 Å². The maximum absolute atomic E-state index is 12.3. The van der Waals surface area contributed by atoms with Crippen LogP contribution in [0.3, 0.4) is 0 Å². The highest BCUT2D eigenvalue weighted by Crippen LogP contribution is 2.36. The first-order valence-electron chi connectivity index (χ1n) is 7.73. The van der Waals surface area contributed by atoms with Crippen molar-refractivity contribution in [3.63, 3.8) is 0 Å². The van der Waals surface area contributed by atoms with Gasteiger partial charge in [-0.1, -0.05) is 6.07 Å². The number of amides is 1. The van der Waals surface area contributed by atoms with E-state index in [0.717, 1.165) is 25.9 Å². The van der Waals surface area contributed by atoms with Crippen LogP contribution in [0.5, 0.6) is 17.2 Å². The van der Waals surface area contributed by atoms with E-state index in [9.17, 15) is 10.1 Å². The number of carbonyl (C=O) groups excluding carboxylic acids is 1. The van der Waals surface area contributed by atoms with Crippen LogP contribution in [-0.4, -0.2) is 44.7 Å². The smallest absolute Gasteiger partial charge is 0.240 e. The molecule has 1 unspecified atom stereocenters. The second-order valence-electron chi connectivity index (χ2n) is 5.34. The number of nitriles is 1. The van der Waals surface area contributed by atoms with Crippen molar-refractivity contribution in [2.75, 3.05) is 33.9 Å². The molecule has 0 aromatic heterocycles. The molecule has 2 rings (SSSR count). The summed E-state index contributed by atoms with van der Waals surface area (Å²) in [4.78, 5) is 14.0. The number of hydrogen-bond acceptors (Lipinski definition) is 5. The average Bonchev–Trinajstić information content (AvgIpc) is 3.12. The van der Waals surface area contributed by atoms with Gasteiger partial charge in [0.2, 0.25) is 11.7 Å². The summed E-state index contributed by atoms with van der Waals surface area (Å²) in [5.74, 6) is 0.838. The van der Waals surface area contributed by atoms with Gasteiger partial charge in [0, 0.05) is 19.5 Å². The molecule has 1 aromatic rings. The normalized spacial score (nSPS) is 14.9. The van der Waals surface area contributed by atoms with Gasteiger partial charge in [0.15, 0.2) is 11.5 Å². The van der Waals surface area contributed by atoms with E-state index < -0.39 is 5.92 Å². The molecule has 0 bridgehead atoms. The molecular weight excluding hydrogens is 296 g/mol. The molecule has 6 nitrogen and oxygen atoms in total. The number of para-hydroxylation sites is 1. The van der Waals surface area contributed by atoms with Crippen molar-refractivity contribution < 1.29 is 19.0 Å². The van der Waals surface area contributed by atoms with Crippen molar-refractivity contribution in [2.24, 2.45) is 5.92 Å². The summed E-state index contributed by atoms with van der Waals surface area (Å²) >= 11 is 0. The van der Waals surface area contributed by atoms with Gasteiger partial charge in [-0.25, -0.2) is 0 Å². The average molecular weight is 318 g/mol. The second-order valence-corrected chi connectivity index (χ2v) is 5.34. The minimum atomic E-state index is -0.672. The van der Waals surface area contributed by atoms with Gasteiger partial charge < -0.3 is 19.1 Å². The largest absolute Gasteiger partial charge is 0.493 e. The van der Waals surface area contributed by atoms with Gasteiger partial charge in [-0.2, -0.15) is 5.26 Å². The van der Waals surface area contributed by atoms with E-state index in [1.165, 1.54) is 0 Å². The zero-order valence-electron chi connectivity index (χ0n) is 13.6. The molecule has 1 aliphatic rings. The quantitative estimate of drug-likeness (QED) is 0.771. The van der Waals surface area contributed by atoms with Crippen LogP contribution in [0.4, 0.5) is 0 Å². The van der Waals surface area contributed by atoms with Gasteiger partial charge in [0.25, 0.3) is 0 Å². The molecule has 0 spiro atoms. The lowest BCUT2D eigenvalue weighted by molar-refractivity contribution is -0.133. The predicted octanol–water partition coefficient (Wildman–Crippen LogP) is 2.23. The number of nitrogens with zero attached hydrogens (tertiary/aromatic N) is 2. The van der Waals surface area contributed by atoms with E-state index in [-0.39, 0.29) is 12.5 Å². The number of ether oxygens (including phenoxy) is 3. The molecule has 1 atom stereocenters. The molecule has 1 aromatic carbocycles. The monoisotopic (exact) mass is 318 g/mol. The van der Waals surface area contributed by atoms with E-state index in [4.69, 9.17) is 14.2 Å². The van der Waals surface area contributed by atoms with E-state index >= 15 is 0 Å². The highest BCUT2D eigenvalue weighted by Gasteiger charge is 2.26. The molecule has 0 saturated carbocycles. The maximum atomic E-state index is 12.3. The Morgan fingerprint density at radius 1 is 1.26 bits per heavy atom. The van der Waals surface area contributed by atoms with Gasteiger partial charge in [0.1, 0.15) is 5.92 Å². The van der Waals surface area contributed by atoms with Crippen LogP contribution in [-0.2, 0) is 4.79 Å². The summed E-state index contributed by atoms with van der Waals surface area (Å²) in [5.41, 5.74) is 0. The molecule has 0 aliphatic carbocycles. The van der Waals surface area contributed by atoms with Gasteiger partial charge >= 0.3 is 0 Å². The fourth-order valence-corrected chi connectivity index (χ4v) is 2.64. The Balaban J connectivity index is 1.95. The Kier molecular flexibility index (Phi) is 6.10. The molecule has 1 amide bonds. The molecule has 0 radical (unpaired) electrons. The Morgan fingerprint density at radius 3 is 2.39 bits per heavy atom. The minimum absolute atomic E-state index is 0.0967. The summed E-state index contributed by atoms with van der Waals surface area (Å²) in [5, 5.41) is 9.25. The zero-order chi connectivity index (χ0) is 16.7. The van der Waals surface area contributed by atoms with Crippen molar-refractivity contribution in [3.05, 3.63) is 18.2 Å². The molecular formula is C17H22N2O4. The van der Waals surface area contributed by atoms with Crippen molar-refractivity contribution in [1.29, 1.82) is 5.26 Å². The number of likely N-dealkylation sites (tertiary alicyclic amines) is 1. The number of benzene rings is 1. The Bertz CT molecular complexity index is 554. The molecule has 1 saturated heterocycles. The standard InChI is InChI=1S/C17H22N2O4/c1-21-14-6-5-7-15(22-2)16(14)23-11-8-13(12-18)17(20)19-9-3-4-10-19/h5-7,13H,3-4,8-11H2,1-2H3. The number of hydrogen-bond donors (Lipinski definition) is 0. The third kappa shape index (κ3) is 4.07. The summed E-state index contributed by atoms with van der Waals surface area (Å²) in [6.45, 7) is 1.74. The van der Waals surface area contributed by atoms with Gasteiger partial charge in [-0.3, -0.25) is 4.79 Å². The van der Waals surface area contributed by atoms with Crippen LogP contribution in [0, 0.1) is 17.2 Å². The van der Waals surface area contributed by atoms with E-state index in [1.54, 1.807) is 37.3 Å². The molecule has 1 aliphatic heterocycles. The predicted molar refractivity (Wildman–Crippen MR) is 84.6 cm³/mol. The summed E-state index contributed by atoms with van der Waals surface area (Å²) in [7, 11) is 3.10. The lowest BCUT2D eigenvalue weighted by Crippen LogP contribution is -2.33. The molecule has 0 N–H and O–H groups in total. The lowest BCUT2D eigenvalue weighted by Gasteiger charge is -2.19. The minimum Gasteiger partial charge on any atom is -0.493 e. The molecule has 23 heavy (non-hydrogen) atoms. The molecule has 1 fully saturated rings. The maximum Gasteiger partial charge on any atom is 0.240 e. The lowest BCUT2D eigenvalue weighted by atomic mass is 10.1. The summed E-state index contributed by atoms with van der Waals surface area (Å²) in [6, 6.07) is 7.44. The van der Waals surface area contributed by atoms with Gasteiger partial charge in [-0.15, -0.1) is 0 Å². The zero-order valence-corrected chi connectivity index (χ0v) is 13.6. The fourth-order valence-electron chi connectivity index (χ4n) is 2.64. The number of carbonyl (C=O) groups is 1. The third-order valence-electron chi connectivity index (χ3n) is 3.91. The van der Waals surface area contributed by atoms with Gasteiger partial charge in [0.05, 0.1) is 26.9 Å². The summed E-state index contributed by atoms with van der Waals surface area (Å²) in [6.07, 6.45) is 2.37.